The van der Waals surface area contributed by atoms with Crippen LogP contribution in [-0.2, 0) is 6.54 Å². The first-order chi connectivity index (χ1) is 7.98. The molecular weight excluding hydrogens is 216 g/mol. The van der Waals surface area contributed by atoms with Crippen LogP contribution in [0.2, 0.25) is 0 Å². The van der Waals surface area contributed by atoms with Gasteiger partial charge < -0.3 is 15.2 Å². The van der Waals surface area contributed by atoms with Crippen molar-refractivity contribution in [1.29, 1.82) is 0 Å². The summed E-state index contributed by atoms with van der Waals surface area (Å²) in [6.07, 6.45) is 4.35. The van der Waals surface area contributed by atoms with Crippen molar-refractivity contribution in [1.82, 2.24) is 4.98 Å². The summed E-state index contributed by atoms with van der Waals surface area (Å²) in [5.74, 6) is 1.39. The summed E-state index contributed by atoms with van der Waals surface area (Å²) in [5.41, 5.74) is 6.33. The molecule has 2 N–H and O–H groups in total. The fourth-order valence-electron chi connectivity index (χ4n) is 1.45. The fourth-order valence-corrected chi connectivity index (χ4v) is 1.45. The van der Waals surface area contributed by atoms with Gasteiger partial charge in [0.1, 0.15) is 11.4 Å². The first-order valence-corrected chi connectivity index (χ1v) is 6.02. The molecule has 1 aromatic rings. The SMILES string of the molecule is CC(C)(C)Oc1ncc(OC2CC2)cc1CN. The quantitative estimate of drug-likeness (QED) is 0.871. The zero-order valence-electron chi connectivity index (χ0n) is 10.7. The van der Waals surface area contributed by atoms with Crippen molar-refractivity contribution in [2.45, 2.75) is 51.9 Å². The van der Waals surface area contributed by atoms with E-state index in [0.29, 0.717) is 18.5 Å². The average Bonchev–Trinajstić information content (AvgIpc) is 3.02. The van der Waals surface area contributed by atoms with Crippen molar-refractivity contribution in [3.8, 4) is 11.6 Å². The molecule has 17 heavy (non-hydrogen) atoms. The molecule has 0 aromatic carbocycles. The second-order valence-electron chi connectivity index (χ2n) is 5.37. The van der Waals surface area contributed by atoms with E-state index in [2.05, 4.69) is 4.98 Å². The van der Waals surface area contributed by atoms with Gasteiger partial charge in [-0.05, 0) is 39.7 Å². The molecule has 0 radical (unpaired) electrons. The molecule has 0 aliphatic heterocycles. The zero-order chi connectivity index (χ0) is 12.5. The van der Waals surface area contributed by atoms with Gasteiger partial charge in [0.05, 0.1) is 12.3 Å². The highest BCUT2D eigenvalue weighted by atomic mass is 16.5. The molecule has 0 atom stereocenters. The summed E-state index contributed by atoms with van der Waals surface area (Å²) in [6.45, 7) is 6.37. The minimum atomic E-state index is -0.268. The van der Waals surface area contributed by atoms with Gasteiger partial charge in [0.25, 0.3) is 0 Å². The maximum Gasteiger partial charge on any atom is 0.218 e. The predicted molar refractivity (Wildman–Crippen MR) is 66.2 cm³/mol. The average molecular weight is 236 g/mol. The van der Waals surface area contributed by atoms with Crippen molar-refractivity contribution < 1.29 is 9.47 Å². The second kappa shape index (κ2) is 4.53. The molecule has 4 heteroatoms. The first kappa shape index (κ1) is 12.2. The number of nitrogens with two attached hydrogens (primary N) is 1. The van der Waals surface area contributed by atoms with Gasteiger partial charge in [-0.3, -0.25) is 0 Å². The zero-order valence-corrected chi connectivity index (χ0v) is 10.7. The molecule has 2 rings (SSSR count). The lowest BCUT2D eigenvalue weighted by atomic mass is 10.2. The summed E-state index contributed by atoms with van der Waals surface area (Å²) in [4.78, 5) is 4.29. The van der Waals surface area contributed by atoms with Crippen LogP contribution in [0, 0.1) is 0 Å². The van der Waals surface area contributed by atoms with Gasteiger partial charge in [0, 0.05) is 12.1 Å². The van der Waals surface area contributed by atoms with Crippen molar-refractivity contribution in [2.24, 2.45) is 5.73 Å². The Hall–Kier alpha value is -1.29. The number of pyridine rings is 1. The van der Waals surface area contributed by atoms with Gasteiger partial charge in [0.2, 0.25) is 5.88 Å². The normalized spacial score (nSPS) is 15.8. The lowest BCUT2D eigenvalue weighted by Gasteiger charge is -2.22. The molecule has 4 nitrogen and oxygen atoms in total. The Kier molecular flexibility index (Phi) is 3.24. The third kappa shape index (κ3) is 3.60. The lowest BCUT2D eigenvalue weighted by Crippen LogP contribution is -2.24. The Morgan fingerprint density at radius 3 is 2.65 bits per heavy atom. The van der Waals surface area contributed by atoms with Crippen molar-refractivity contribution in [3.05, 3.63) is 17.8 Å². The van der Waals surface area contributed by atoms with E-state index in [1.54, 1.807) is 6.20 Å². The summed E-state index contributed by atoms with van der Waals surface area (Å²) >= 11 is 0. The number of rotatable bonds is 4. The van der Waals surface area contributed by atoms with E-state index >= 15 is 0 Å². The van der Waals surface area contributed by atoms with E-state index in [1.807, 2.05) is 26.8 Å². The van der Waals surface area contributed by atoms with E-state index in [0.717, 1.165) is 24.2 Å². The van der Waals surface area contributed by atoms with Gasteiger partial charge in [0.15, 0.2) is 0 Å². The van der Waals surface area contributed by atoms with Crippen LogP contribution < -0.4 is 15.2 Å². The van der Waals surface area contributed by atoms with E-state index < -0.39 is 0 Å². The molecule has 0 saturated heterocycles. The van der Waals surface area contributed by atoms with Crippen molar-refractivity contribution in [3.63, 3.8) is 0 Å². The highest BCUT2D eigenvalue weighted by Gasteiger charge is 2.24. The Bertz CT molecular complexity index is 395. The van der Waals surface area contributed by atoms with E-state index in [1.165, 1.54) is 0 Å². The maximum atomic E-state index is 5.75. The first-order valence-electron chi connectivity index (χ1n) is 6.02. The van der Waals surface area contributed by atoms with Crippen LogP contribution >= 0.6 is 0 Å². The monoisotopic (exact) mass is 236 g/mol. The molecule has 1 aliphatic rings. The highest BCUT2D eigenvalue weighted by molar-refractivity contribution is 5.34. The smallest absolute Gasteiger partial charge is 0.218 e. The van der Waals surface area contributed by atoms with Crippen LogP contribution in [0.5, 0.6) is 11.6 Å². The predicted octanol–water partition coefficient (Wildman–Crippen LogP) is 2.26. The van der Waals surface area contributed by atoms with Gasteiger partial charge in [-0.1, -0.05) is 0 Å². The Labute approximate surface area is 102 Å². The molecule has 1 aromatic heterocycles. The van der Waals surface area contributed by atoms with Gasteiger partial charge in [-0.2, -0.15) is 0 Å². The molecule has 1 fully saturated rings. The molecule has 0 unspecified atom stereocenters. The highest BCUT2D eigenvalue weighted by Crippen LogP contribution is 2.29. The third-order valence-electron chi connectivity index (χ3n) is 2.35. The fraction of sp³-hybridized carbons (Fsp3) is 0.615. The molecule has 0 spiro atoms. The number of hydrogen-bond acceptors (Lipinski definition) is 4. The second-order valence-corrected chi connectivity index (χ2v) is 5.37. The molecule has 1 heterocycles. The van der Waals surface area contributed by atoms with Gasteiger partial charge in [-0.25, -0.2) is 4.98 Å². The van der Waals surface area contributed by atoms with Crippen LogP contribution in [0.1, 0.15) is 39.2 Å². The Balaban J connectivity index is 2.15. The molecular formula is C13H20N2O2. The summed E-state index contributed by atoms with van der Waals surface area (Å²) in [5, 5.41) is 0. The van der Waals surface area contributed by atoms with Gasteiger partial charge >= 0.3 is 0 Å². The topological polar surface area (TPSA) is 57.4 Å². The third-order valence-corrected chi connectivity index (χ3v) is 2.35. The van der Waals surface area contributed by atoms with E-state index in [4.69, 9.17) is 15.2 Å². The Morgan fingerprint density at radius 2 is 2.12 bits per heavy atom. The van der Waals surface area contributed by atoms with Crippen LogP contribution in [0.15, 0.2) is 12.3 Å². The van der Waals surface area contributed by atoms with Crippen LogP contribution in [0.25, 0.3) is 0 Å². The minimum absolute atomic E-state index is 0.268. The van der Waals surface area contributed by atoms with E-state index in [9.17, 15) is 0 Å². The lowest BCUT2D eigenvalue weighted by molar-refractivity contribution is 0.122. The van der Waals surface area contributed by atoms with Crippen LogP contribution in [0.3, 0.4) is 0 Å². The van der Waals surface area contributed by atoms with Crippen molar-refractivity contribution in [2.75, 3.05) is 0 Å². The molecule has 1 saturated carbocycles. The molecule has 0 amide bonds. The summed E-state index contributed by atoms with van der Waals surface area (Å²) in [6, 6.07) is 1.92. The molecule has 94 valence electrons. The number of hydrogen-bond donors (Lipinski definition) is 1. The van der Waals surface area contributed by atoms with E-state index in [-0.39, 0.29) is 5.60 Å². The molecule has 1 aliphatic carbocycles. The number of ether oxygens (including phenoxy) is 2. The van der Waals surface area contributed by atoms with Gasteiger partial charge in [-0.15, -0.1) is 0 Å². The summed E-state index contributed by atoms with van der Waals surface area (Å²) in [7, 11) is 0. The standard InChI is InChI=1S/C13H20N2O2/c1-13(2,3)17-12-9(7-14)6-11(8-15-12)16-10-4-5-10/h6,8,10H,4-5,7,14H2,1-3H3. The Morgan fingerprint density at radius 1 is 1.41 bits per heavy atom. The molecule has 0 bridgehead atoms. The van der Waals surface area contributed by atoms with Crippen LogP contribution in [0.4, 0.5) is 0 Å². The summed E-state index contributed by atoms with van der Waals surface area (Å²) < 4.78 is 11.4. The number of nitrogens with zero attached hydrogens (tertiary/aromatic N) is 1. The minimum Gasteiger partial charge on any atom is -0.489 e. The number of aromatic nitrogens is 1. The van der Waals surface area contributed by atoms with Crippen LogP contribution in [-0.4, -0.2) is 16.7 Å². The maximum absolute atomic E-state index is 5.75. The largest absolute Gasteiger partial charge is 0.489 e. The van der Waals surface area contributed by atoms with Crippen molar-refractivity contribution >= 4 is 0 Å².